The zero-order chi connectivity index (χ0) is 50.6. The number of carboxylic acids is 1. The third kappa shape index (κ3) is 52.1. The number of carbonyl (C=O) groups is 3. The van der Waals surface area contributed by atoms with Gasteiger partial charge in [0.25, 0.3) is 6.29 Å². The first-order chi connectivity index (χ1) is 33.6. The molecule has 0 saturated carbocycles. The Morgan fingerprint density at radius 2 is 0.826 bits per heavy atom. The van der Waals surface area contributed by atoms with Gasteiger partial charge in [0, 0.05) is 12.8 Å². The Morgan fingerprint density at radius 1 is 0.449 bits per heavy atom. The maximum Gasteiger partial charge on any atom is 0.361 e. The first-order valence-corrected chi connectivity index (χ1v) is 27.8. The van der Waals surface area contributed by atoms with E-state index in [0.717, 1.165) is 70.6 Å². The summed E-state index contributed by atoms with van der Waals surface area (Å²) in [7, 11) is 5.94. The van der Waals surface area contributed by atoms with Crippen molar-refractivity contribution in [2.45, 2.75) is 232 Å². The highest BCUT2D eigenvalue weighted by Crippen LogP contribution is 2.15. The van der Waals surface area contributed by atoms with Crippen LogP contribution in [0.4, 0.5) is 0 Å². The van der Waals surface area contributed by atoms with E-state index in [2.05, 4.69) is 98.9 Å². The fourth-order valence-corrected chi connectivity index (χ4v) is 7.36. The summed E-state index contributed by atoms with van der Waals surface area (Å²) in [5, 5.41) is 9.67. The molecule has 2 atom stereocenters. The summed E-state index contributed by atoms with van der Waals surface area (Å²) in [6.45, 7) is 4.69. The van der Waals surface area contributed by atoms with E-state index in [0.29, 0.717) is 17.4 Å². The van der Waals surface area contributed by atoms with Gasteiger partial charge in [0.1, 0.15) is 13.2 Å². The minimum absolute atomic E-state index is 0.176. The fraction of sp³-hybridized carbons (Fsp3) is 0.717. The molecular weight excluding hydrogens is 863 g/mol. The van der Waals surface area contributed by atoms with E-state index in [1.54, 1.807) is 0 Å². The van der Waals surface area contributed by atoms with Crippen LogP contribution in [0.1, 0.15) is 219 Å². The van der Waals surface area contributed by atoms with Gasteiger partial charge in [-0.1, -0.05) is 202 Å². The fourth-order valence-electron chi connectivity index (χ4n) is 7.36. The van der Waals surface area contributed by atoms with E-state index in [-0.39, 0.29) is 38.6 Å². The lowest BCUT2D eigenvalue weighted by Crippen LogP contribution is -2.40. The van der Waals surface area contributed by atoms with Crippen LogP contribution >= 0.6 is 0 Å². The highest BCUT2D eigenvalue weighted by molar-refractivity contribution is 5.71. The summed E-state index contributed by atoms with van der Waals surface area (Å²) < 4.78 is 22.8. The third-order valence-electron chi connectivity index (χ3n) is 11.6. The van der Waals surface area contributed by atoms with E-state index in [4.69, 9.17) is 18.9 Å². The summed E-state index contributed by atoms with van der Waals surface area (Å²) in [4.78, 5) is 37.3. The largest absolute Gasteiger partial charge is 0.477 e. The minimum Gasteiger partial charge on any atom is -0.477 e. The van der Waals surface area contributed by atoms with E-state index in [1.165, 1.54) is 116 Å². The number of ether oxygens (including phenoxy) is 4. The first kappa shape index (κ1) is 65.5. The molecule has 0 aromatic heterocycles. The number of carboxylic acid groups (broad SMARTS) is 1. The molecule has 0 aromatic rings. The predicted molar refractivity (Wildman–Crippen MR) is 290 cm³/mol. The van der Waals surface area contributed by atoms with Gasteiger partial charge < -0.3 is 28.5 Å². The standard InChI is InChI=1S/C60H103NO8/c1-6-8-10-12-14-16-18-20-22-23-24-25-26-27-28-29-30-31-32-33-34-35-37-38-40-42-44-46-48-50-57(62)67-54-56(55-68-60(59(64)65)66-53-52-61(3,4)5)69-58(63)51-49-47-45-43-41-39-36-21-19-17-15-13-11-9-7-2/h9,11,15,17-18,20-21,23-24,26-27,36,41,43,56,60H,6-8,10,12-14,16,19,22,25,28-35,37-40,42,44-55H2,1-5H3/p+1/b11-9-,17-15-,20-18-,24-23-,27-26-,36-21-,43-41-. The van der Waals surface area contributed by atoms with Crippen LogP contribution in [0.5, 0.6) is 0 Å². The van der Waals surface area contributed by atoms with Gasteiger partial charge in [-0.3, -0.25) is 9.59 Å². The molecule has 0 heterocycles. The number of aliphatic carboxylic acids is 1. The lowest BCUT2D eigenvalue weighted by atomic mass is 10.0. The number of hydrogen-bond donors (Lipinski definition) is 1. The molecule has 396 valence electrons. The first-order valence-electron chi connectivity index (χ1n) is 27.8. The smallest absolute Gasteiger partial charge is 0.361 e. The number of hydrogen-bond acceptors (Lipinski definition) is 7. The van der Waals surface area contributed by atoms with Crippen molar-refractivity contribution in [2.75, 3.05) is 47.5 Å². The molecule has 2 unspecified atom stereocenters. The van der Waals surface area contributed by atoms with Crippen molar-refractivity contribution in [2.24, 2.45) is 0 Å². The normalized spacial score (nSPS) is 13.5. The molecule has 0 aliphatic heterocycles. The molecule has 9 nitrogen and oxygen atoms in total. The molecule has 9 heteroatoms. The Bertz CT molecular complexity index is 1400. The Hall–Kier alpha value is -3.53. The van der Waals surface area contributed by atoms with Crippen molar-refractivity contribution in [3.63, 3.8) is 0 Å². The predicted octanol–water partition coefficient (Wildman–Crippen LogP) is 16.0. The van der Waals surface area contributed by atoms with Crippen LogP contribution in [0.25, 0.3) is 0 Å². The summed E-state index contributed by atoms with van der Waals surface area (Å²) in [6, 6.07) is 0. The van der Waals surface area contributed by atoms with Gasteiger partial charge in [-0.25, -0.2) is 4.79 Å². The van der Waals surface area contributed by atoms with Crippen molar-refractivity contribution >= 4 is 17.9 Å². The molecule has 0 radical (unpaired) electrons. The van der Waals surface area contributed by atoms with Crippen molar-refractivity contribution in [3.05, 3.63) is 85.1 Å². The average molecular weight is 967 g/mol. The summed E-state index contributed by atoms with van der Waals surface area (Å²) >= 11 is 0. The number of esters is 2. The summed E-state index contributed by atoms with van der Waals surface area (Å²) in [5.41, 5.74) is 0. The van der Waals surface area contributed by atoms with Gasteiger partial charge in [-0.05, 0) is 89.9 Å². The zero-order valence-corrected chi connectivity index (χ0v) is 44.9. The molecule has 69 heavy (non-hydrogen) atoms. The van der Waals surface area contributed by atoms with Crippen LogP contribution in [0.2, 0.25) is 0 Å². The summed E-state index contributed by atoms with van der Waals surface area (Å²) in [5.74, 6) is -2.07. The minimum atomic E-state index is -1.52. The Morgan fingerprint density at radius 3 is 1.26 bits per heavy atom. The van der Waals surface area contributed by atoms with Gasteiger partial charge in [0.05, 0.1) is 34.4 Å². The van der Waals surface area contributed by atoms with Crippen LogP contribution in [0.15, 0.2) is 85.1 Å². The topological polar surface area (TPSA) is 108 Å². The molecule has 0 saturated heterocycles. The van der Waals surface area contributed by atoms with Gasteiger partial charge >= 0.3 is 17.9 Å². The Labute approximate surface area is 423 Å². The Kier molecular flexibility index (Phi) is 48.2. The number of nitrogens with zero attached hydrogens (tertiary/aromatic N) is 1. The van der Waals surface area contributed by atoms with Crippen LogP contribution in [0, 0.1) is 0 Å². The summed E-state index contributed by atoms with van der Waals surface area (Å²) in [6.07, 6.45) is 63.9. The second-order valence-corrected chi connectivity index (χ2v) is 19.5. The molecule has 0 fully saturated rings. The number of carbonyl (C=O) groups excluding carboxylic acids is 2. The monoisotopic (exact) mass is 967 g/mol. The second kappa shape index (κ2) is 50.8. The highest BCUT2D eigenvalue weighted by atomic mass is 16.7. The van der Waals surface area contributed by atoms with Gasteiger partial charge in [0.15, 0.2) is 6.10 Å². The van der Waals surface area contributed by atoms with Gasteiger partial charge in [0.2, 0.25) is 0 Å². The second-order valence-electron chi connectivity index (χ2n) is 19.5. The van der Waals surface area contributed by atoms with Crippen molar-refractivity contribution in [1.29, 1.82) is 0 Å². The SMILES string of the molecule is CC/C=C\C/C=C\C/C=C\C/C=C\CCCCC(=O)OC(COC(=O)CCCCCCCCCCCCCCCC/C=C\C/C=C\C/C=C\CCCCCCC)COC(OCC[N+](C)(C)C)C(=O)O. The van der Waals surface area contributed by atoms with Gasteiger partial charge in [-0.2, -0.15) is 0 Å². The lowest BCUT2D eigenvalue weighted by molar-refractivity contribution is -0.870. The van der Waals surface area contributed by atoms with E-state index in [9.17, 15) is 19.5 Å². The van der Waals surface area contributed by atoms with Crippen LogP contribution in [-0.2, 0) is 33.3 Å². The molecular formula is C60H104NO8+. The molecule has 1 N–H and O–H groups in total. The molecule has 0 aliphatic rings. The molecule has 0 aromatic carbocycles. The average Bonchev–Trinajstić information content (AvgIpc) is 3.31. The Balaban J connectivity index is 4.22. The maximum absolute atomic E-state index is 12.8. The van der Waals surface area contributed by atoms with Crippen LogP contribution in [0.3, 0.4) is 0 Å². The van der Waals surface area contributed by atoms with Gasteiger partial charge in [-0.15, -0.1) is 0 Å². The maximum atomic E-state index is 12.8. The van der Waals surface area contributed by atoms with Crippen molar-refractivity contribution in [3.8, 4) is 0 Å². The molecule has 0 amide bonds. The highest BCUT2D eigenvalue weighted by Gasteiger charge is 2.25. The number of unbranched alkanes of at least 4 members (excludes halogenated alkanes) is 21. The molecule has 0 aliphatic carbocycles. The number of likely N-dealkylation sites (N-methyl/N-ethyl adjacent to an activating group) is 1. The zero-order valence-electron chi connectivity index (χ0n) is 44.9. The molecule has 0 bridgehead atoms. The van der Waals surface area contributed by atoms with Crippen molar-refractivity contribution in [1.82, 2.24) is 0 Å². The number of allylic oxidation sites excluding steroid dienone is 14. The van der Waals surface area contributed by atoms with Crippen LogP contribution < -0.4 is 0 Å². The number of quaternary nitrogens is 1. The van der Waals surface area contributed by atoms with Crippen LogP contribution in [-0.4, -0.2) is 87.4 Å². The number of rotatable bonds is 50. The van der Waals surface area contributed by atoms with E-state index in [1.807, 2.05) is 21.1 Å². The lowest BCUT2D eigenvalue weighted by Gasteiger charge is -2.25. The quantitative estimate of drug-likeness (QED) is 0.0211. The van der Waals surface area contributed by atoms with Crippen molar-refractivity contribution < 1.29 is 42.9 Å². The van der Waals surface area contributed by atoms with E-state index >= 15 is 0 Å². The third-order valence-corrected chi connectivity index (χ3v) is 11.6. The molecule has 0 spiro atoms. The molecule has 0 rings (SSSR count). The van der Waals surface area contributed by atoms with E-state index < -0.39 is 24.3 Å².